The Labute approximate surface area is 632 Å². The summed E-state index contributed by atoms with van der Waals surface area (Å²) in [5.74, 6) is -11.9. The molecule has 29 heteroatoms. The summed E-state index contributed by atoms with van der Waals surface area (Å²) in [6, 6.07) is -14.6. The van der Waals surface area contributed by atoms with Crippen LogP contribution in [0.2, 0.25) is 0 Å². The van der Waals surface area contributed by atoms with Gasteiger partial charge in [-0.15, -0.1) is 0 Å². The zero-order valence-corrected chi connectivity index (χ0v) is 69.8. The SMILES string of the molecule is CC[C@@H]1NC(=O)[C@H]([C@H](O)[C@H](C)CCCCCCNC(=O)OC(C)(C)C)N(C)C(=O)[C@H](C(C)C)N(C)C(=O)[C@H](CC(C)C)N(C)C(=O)[C@@H](CC(C)C)N(C)C(=O)[C@H](C)NC(=O)[C@@H](C)NC(=O)[C@@H](CC(C)C)N(C)C(=O)[C@@H](C(C)C)NC(=O)[C@H](CC(C)C)N(C)C(=O)[C@@H](CSC(C)(C)CCC(=O)O)N(C)C1=O. The Morgan fingerprint density at radius 3 is 1.37 bits per heavy atom. The fraction of sp³-hybridized carbons (Fsp3) is 0.829. The van der Waals surface area contributed by atoms with Gasteiger partial charge in [-0.1, -0.05) is 130 Å². The Hall–Kier alpha value is -6.78. The van der Waals surface area contributed by atoms with E-state index in [2.05, 4.69) is 26.6 Å². The van der Waals surface area contributed by atoms with Crippen LogP contribution < -0.4 is 26.6 Å². The number of alkyl carbamates (subject to hydrolysis) is 1. The van der Waals surface area contributed by atoms with Crippen LogP contribution >= 0.6 is 11.8 Å². The lowest BCUT2D eigenvalue weighted by molar-refractivity contribution is -0.157. The van der Waals surface area contributed by atoms with Crippen molar-refractivity contribution in [2.75, 3.05) is 61.6 Å². The van der Waals surface area contributed by atoms with Crippen LogP contribution in [0.15, 0.2) is 0 Å². The smallest absolute Gasteiger partial charge is 0.407 e. The Morgan fingerprint density at radius 2 is 0.905 bits per heavy atom. The van der Waals surface area contributed by atoms with Crippen molar-refractivity contribution in [3.63, 3.8) is 0 Å². The number of carboxylic acids is 1. The largest absolute Gasteiger partial charge is 0.481 e. The van der Waals surface area contributed by atoms with Crippen LogP contribution in [0.1, 0.15) is 222 Å². The second-order valence-corrected chi connectivity index (χ2v) is 34.8. The molecule has 1 aliphatic heterocycles. The minimum absolute atomic E-state index is 0.0621. The van der Waals surface area contributed by atoms with Gasteiger partial charge < -0.3 is 75.8 Å². The number of carbonyl (C=O) groups excluding carboxylic acids is 12. The van der Waals surface area contributed by atoms with Crippen LogP contribution in [0.5, 0.6) is 0 Å². The predicted molar refractivity (Wildman–Crippen MR) is 409 cm³/mol. The van der Waals surface area contributed by atoms with E-state index in [4.69, 9.17) is 4.74 Å². The van der Waals surface area contributed by atoms with E-state index in [1.165, 1.54) is 104 Å². The first-order valence-corrected chi connectivity index (χ1v) is 38.9. The molecule has 0 saturated carbocycles. The molecular weight excluding hydrogens is 1370 g/mol. The van der Waals surface area contributed by atoms with Gasteiger partial charge in [0.25, 0.3) is 0 Å². The van der Waals surface area contributed by atoms with E-state index in [9.17, 15) is 39.0 Å². The molecule has 7 N–H and O–H groups in total. The molecule has 0 aromatic heterocycles. The number of likely N-dealkylation sites (N-methyl/N-ethyl adjacent to an activating group) is 7. The molecule has 13 atom stereocenters. The lowest BCUT2D eigenvalue weighted by Crippen LogP contribution is -2.64. The highest BCUT2D eigenvalue weighted by molar-refractivity contribution is 8.00. The fourth-order valence-electron chi connectivity index (χ4n) is 12.9. The molecule has 1 saturated heterocycles. The van der Waals surface area contributed by atoms with E-state index in [0.717, 1.165) is 4.90 Å². The Kier molecular flexibility index (Phi) is 40.2. The molecule has 12 amide bonds. The number of hydrogen-bond acceptors (Lipinski definition) is 16. The molecule has 0 aliphatic carbocycles. The van der Waals surface area contributed by atoms with Crippen molar-refractivity contribution in [2.45, 2.75) is 305 Å². The molecule has 1 rings (SSSR count). The number of carboxylic acid groups (broad SMARTS) is 1. The van der Waals surface area contributed by atoms with Crippen LogP contribution in [-0.2, 0) is 62.3 Å². The highest BCUT2D eigenvalue weighted by atomic mass is 32.2. The zero-order chi connectivity index (χ0) is 81.4. The minimum Gasteiger partial charge on any atom is -0.481 e. The summed E-state index contributed by atoms with van der Waals surface area (Å²) in [5, 5.41) is 36.2. The number of aliphatic carboxylic acids is 1. The Balaban J connectivity index is 4.58. The van der Waals surface area contributed by atoms with Gasteiger partial charge >= 0.3 is 12.1 Å². The van der Waals surface area contributed by atoms with Gasteiger partial charge in [0, 0.05) is 72.8 Å². The summed E-state index contributed by atoms with van der Waals surface area (Å²) in [6.07, 6.45) is 1.03. The van der Waals surface area contributed by atoms with Crippen molar-refractivity contribution >= 4 is 88.8 Å². The minimum atomic E-state index is -1.72. The summed E-state index contributed by atoms with van der Waals surface area (Å²) in [5.41, 5.74) is -0.672. The van der Waals surface area contributed by atoms with E-state index in [1.807, 2.05) is 55.4 Å². The molecule has 0 radical (unpaired) electrons. The first-order chi connectivity index (χ1) is 48.3. The molecule has 0 spiro atoms. The zero-order valence-electron chi connectivity index (χ0n) is 69.0. The van der Waals surface area contributed by atoms with Gasteiger partial charge in [-0.3, -0.25) is 57.5 Å². The van der Waals surface area contributed by atoms with Gasteiger partial charge in [-0.25, -0.2) is 4.79 Å². The first kappa shape index (κ1) is 96.2. The summed E-state index contributed by atoms with van der Waals surface area (Å²) in [4.78, 5) is 198. The number of hydrogen-bond donors (Lipinski definition) is 7. The molecule has 0 aromatic rings. The predicted octanol–water partition coefficient (Wildman–Crippen LogP) is 6.52. The molecular formula is C76H138N12O16S. The van der Waals surface area contributed by atoms with Crippen LogP contribution in [0.25, 0.3) is 0 Å². The fourth-order valence-corrected chi connectivity index (χ4v) is 14.1. The number of aliphatic hydroxyl groups is 1. The maximum atomic E-state index is 15.6. The monoisotopic (exact) mass is 1510 g/mol. The third-order valence-electron chi connectivity index (χ3n) is 19.5. The summed E-state index contributed by atoms with van der Waals surface area (Å²) >= 11 is 1.22. The van der Waals surface area contributed by atoms with Gasteiger partial charge in [0.1, 0.15) is 72.1 Å². The number of ether oxygens (including phenoxy) is 1. The van der Waals surface area contributed by atoms with Crippen molar-refractivity contribution < 1.29 is 77.3 Å². The highest BCUT2D eigenvalue weighted by Gasteiger charge is 2.47. The number of rotatable bonds is 26. The normalized spacial score (nSPS) is 24.9. The molecule has 604 valence electrons. The van der Waals surface area contributed by atoms with Crippen LogP contribution in [-0.4, -0.2) is 266 Å². The molecule has 0 unspecified atom stereocenters. The van der Waals surface area contributed by atoms with Gasteiger partial charge in [-0.05, 0) is 127 Å². The van der Waals surface area contributed by atoms with Gasteiger partial charge in [0.15, 0.2) is 0 Å². The number of nitrogens with one attached hydrogen (secondary N) is 5. The van der Waals surface area contributed by atoms with Gasteiger partial charge in [-0.2, -0.15) is 11.8 Å². The second kappa shape index (κ2) is 43.9. The third-order valence-corrected chi connectivity index (χ3v) is 20.9. The third kappa shape index (κ3) is 30.4. The number of amides is 12. The van der Waals surface area contributed by atoms with Crippen LogP contribution in [0.3, 0.4) is 0 Å². The van der Waals surface area contributed by atoms with Crippen molar-refractivity contribution in [1.29, 1.82) is 0 Å². The molecule has 28 nitrogen and oxygen atoms in total. The lowest BCUT2D eigenvalue weighted by atomic mass is 9.90. The lowest BCUT2D eigenvalue weighted by Gasteiger charge is -2.42. The first-order valence-electron chi connectivity index (χ1n) is 37.9. The number of aliphatic hydroxyl groups excluding tert-OH is 1. The van der Waals surface area contributed by atoms with Gasteiger partial charge in [0.05, 0.1) is 6.10 Å². The number of nitrogens with zero attached hydrogens (tertiary/aromatic N) is 7. The molecule has 0 bridgehead atoms. The van der Waals surface area contributed by atoms with E-state index in [1.54, 1.807) is 76.2 Å². The standard InChI is InChI=1S/C76H138N12O16S/c1-29-52-68(97)86(26)57(42-105-76(20,21)36-35-58(89)90)71(100)82(22)54(39-44(4)5)65(94)81-59(47(10)11)72(101)83(23)53(38-43(2)3)64(93)78-50(15)63(92)79-51(16)67(96)84(24)55(40-45(6)7)69(98)85(25)56(41-46(8)9)70(99)87(27)60(48(12)13)73(102)88(28)61(66(95)80-52)62(91)49(14)34-32-30-31-33-37-77-74(103)104-75(17,18)19/h43-57,59-62,91H,29-42H2,1-28H3,(H,77,103)(H,78,93)(H,79,92)(H,80,95)(H,81,94)(H,89,90)/t49-,50-,51+,52+,53-,54+,55-,56+,57-,59-,60+,61+,62-/m1/s1. The maximum absolute atomic E-state index is 15.6. The summed E-state index contributed by atoms with van der Waals surface area (Å²) in [6.45, 7) is 37.1. The summed E-state index contributed by atoms with van der Waals surface area (Å²) in [7, 11) is 9.84. The van der Waals surface area contributed by atoms with E-state index < -0.39 is 178 Å². The maximum Gasteiger partial charge on any atom is 0.407 e. The number of thioether (sulfide) groups is 1. The molecule has 1 heterocycles. The van der Waals surface area contributed by atoms with E-state index in [0.29, 0.717) is 38.6 Å². The van der Waals surface area contributed by atoms with E-state index in [-0.39, 0.29) is 74.4 Å². The van der Waals surface area contributed by atoms with Crippen molar-refractivity contribution in [3.05, 3.63) is 0 Å². The Morgan fingerprint density at radius 1 is 0.486 bits per heavy atom. The van der Waals surface area contributed by atoms with E-state index >= 15 is 33.6 Å². The molecule has 0 aromatic carbocycles. The topological polar surface area (TPSA) is 354 Å². The Bertz CT molecular complexity index is 2900. The quantitative estimate of drug-likeness (QED) is 0.0453. The van der Waals surface area contributed by atoms with Crippen LogP contribution in [0.4, 0.5) is 4.79 Å². The average Bonchev–Trinajstić information content (AvgIpc) is 0.811. The summed E-state index contributed by atoms with van der Waals surface area (Å²) < 4.78 is 4.57. The second-order valence-electron chi connectivity index (χ2n) is 33.1. The molecule has 105 heavy (non-hydrogen) atoms. The van der Waals surface area contributed by atoms with Gasteiger partial charge in [0.2, 0.25) is 65.0 Å². The average molecular weight is 1510 g/mol. The highest BCUT2D eigenvalue weighted by Crippen LogP contribution is 2.33. The van der Waals surface area contributed by atoms with Crippen molar-refractivity contribution in [3.8, 4) is 0 Å². The van der Waals surface area contributed by atoms with Crippen LogP contribution in [0, 0.1) is 41.4 Å². The molecule has 1 aliphatic rings. The molecule has 1 fully saturated rings. The van der Waals surface area contributed by atoms with Crippen molar-refractivity contribution in [2.24, 2.45) is 41.4 Å². The number of unbranched alkanes of at least 4 members (excludes halogenated alkanes) is 3. The van der Waals surface area contributed by atoms with Crippen molar-refractivity contribution in [1.82, 2.24) is 60.9 Å². The number of carbonyl (C=O) groups is 13.